The normalized spacial score (nSPS) is 14.3. The topological polar surface area (TPSA) is 127 Å². The molecule has 1 amide bonds. The average Bonchev–Trinajstić information content (AvgIpc) is 3.37. The van der Waals surface area contributed by atoms with Gasteiger partial charge in [0.15, 0.2) is 0 Å². The number of hydrogen-bond donors (Lipinski definition) is 1. The summed E-state index contributed by atoms with van der Waals surface area (Å²) in [7, 11) is 1.62. The molecule has 0 atom stereocenters. The summed E-state index contributed by atoms with van der Waals surface area (Å²) in [6.07, 6.45) is 0.171. The van der Waals surface area contributed by atoms with Gasteiger partial charge in [0, 0.05) is 44.7 Å². The van der Waals surface area contributed by atoms with E-state index in [-0.39, 0.29) is 18.9 Å². The van der Waals surface area contributed by atoms with Crippen molar-refractivity contribution in [2.24, 2.45) is 0 Å². The standard InChI is InChI=1S/C25H26N6O5/c1-35-18-8-6-17(7-9-18)23-26-21(36-28-23)16-29-12-14-30(15-13-29)22(32)10-11-31-20-5-3-2-4-19(20)24(33)27-25(31)34/h2-9H,10-16H2,1H3,(H,27,33,34). The quantitative estimate of drug-likeness (QED) is 0.413. The first-order valence-corrected chi connectivity index (χ1v) is 11.7. The molecule has 3 heterocycles. The number of hydrogen-bond acceptors (Lipinski definition) is 8. The van der Waals surface area contributed by atoms with E-state index in [4.69, 9.17) is 9.26 Å². The molecular weight excluding hydrogens is 464 g/mol. The Labute approximate surface area is 205 Å². The van der Waals surface area contributed by atoms with Gasteiger partial charge in [0.05, 0.1) is 24.6 Å². The molecule has 1 aliphatic heterocycles. The van der Waals surface area contributed by atoms with Gasteiger partial charge in [0.2, 0.25) is 17.6 Å². The molecule has 36 heavy (non-hydrogen) atoms. The van der Waals surface area contributed by atoms with Gasteiger partial charge in [-0.2, -0.15) is 4.98 Å². The number of nitrogens with zero attached hydrogens (tertiary/aromatic N) is 5. The minimum Gasteiger partial charge on any atom is -0.497 e. The van der Waals surface area contributed by atoms with Crippen LogP contribution in [0.4, 0.5) is 0 Å². The van der Waals surface area contributed by atoms with E-state index in [9.17, 15) is 14.4 Å². The Balaban J connectivity index is 1.15. The van der Waals surface area contributed by atoms with Crippen molar-refractivity contribution in [3.05, 3.63) is 75.3 Å². The van der Waals surface area contributed by atoms with Gasteiger partial charge in [0.25, 0.3) is 5.56 Å². The lowest BCUT2D eigenvalue weighted by molar-refractivity contribution is -0.133. The van der Waals surface area contributed by atoms with E-state index in [0.29, 0.717) is 55.3 Å². The Morgan fingerprint density at radius 2 is 1.81 bits per heavy atom. The van der Waals surface area contributed by atoms with Crippen LogP contribution in [-0.2, 0) is 17.9 Å². The van der Waals surface area contributed by atoms with Crippen LogP contribution in [0.2, 0.25) is 0 Å². The first-order chi connectivity index (χ1) is 17.5. The summed E-state index contributed by atoms with van der Waals surface area (Å²) in [5.41, 5.74) is 0.435. The molecule has 11 nitrogen and oxygen atoms in total. The van der Waals surface area contributed by atoms with E-state index in [1.807, 2.05) is 24.3 Å². The highest BCUT2D eigenvalue weighted by Crippen LogP contribution is 2.20. The molecule has 11 heteroatoms. The van der Waals surface area contributed by atoms with E-state index in [2.05, 4.69) is 20.0 Å². The van der Waals surface area contributed by atoms with E-state index in [1.165, 1.54) is 4.57 Å². The fourth-order valence-corrected chi connectivity index (χ4v) is 4.35. The van der Waals surface area contributed by atoms with Crippen LogP contribution < -0.4 is 16.0 Å². The summed E-state index contributed by atoms with van der Waals surface area (Å²) >= 11 is 0. The molecule has 0 unspecified atom stereocenters. The van der Waals surface area contributed by atoms with Gasteiger partial charge in [-0.25, -0.2) is 4.79 Å². The first kappa shape index (κ1) is 23.5. The molecule has 2 aromatic heterocycles. The molecule has 1 fully saturated rings. The molecule has 1 saturated heterocycles. The van der Waals surface area contributed by atoms with Gasteiger partial charge in [-0.1, -0.05) is 17.3 Å². The third kappa shape index (κ3) is 4.91. The number of aromatic nitrogens is 4. The number of carbonyl (C=O) groups excluding carboxylic acids is 1. The second-order valence-electron chi connectivity index (χ2n) is 8.58. The highest BCUT2D eigenvalue weighted by molar-refractivity contribution is 5.79. The SMILES string of the molecule is COc1ccc(-c2noc(CN3CCN(C(=O)CCn4c(=O)[nH]c(=O)c5ccccc54)CC3)n2)cc1. The predicted octanol–water partition coefficient (Wildman–Crippen LogP) is 1.48. The number of nitrogens with one attached hydrogen (secondary N) is 1. The van der Waals surface area contributed by atoms with Crippen molar-refractivity contribution in [1.82, 2.24) is 29.5 Å². The van der Waals surface area contributed by atoms with Gasteiger partial charge in [-0.3, -0.25) is 24.0 Å². The molecule has 186 valence electrons. The Bertz CT molecular complexity index is 1480. The monoisotopic (exact) mass is 490 g/mol. The molecule has 0 spiro atoms. The smallest absolute Gasteiger partial charge is 0.328 e. The maximum absolute atomic E-state index is 12.8. The second-order valence-corrected chi connectivity index (χ2v) is 8.58. The van der Waals surface area contributed by atoms with Crippen LogP contribution in [0, 0.1) is 0 Å². The molecular formula is C25H26N6O5. The van der Waals surface area contributed by atoms with Crippen LogP contribution in [-0.4, -0.2) is 68.7 Å². The Morgan fingerprint density at radius 1 is 1.06 bits per heavy atom. The summed E-state index contributed by atoms with van der Waals surface area (Å²) in [6.45, 7) is 3.19. The van der Waals surface area contributed by atoms with Gasteiger partial charge in [-0.15, -0.1) is 0 Å². The van der Waals surface area contributed by atoms with Gasteiger partial charge < -0.3 is 14.2 Å². The Morgan fingerprint density at radius 3 is 2.56 bits per heavy atom. The summed E-state index contributed by atoms with van der Waals surface area (Å²) in [5.74, 6) is 1.77. The second kappa shape index (κ2) is 10.2. The lowest BCUT2D eigenvalue weighted by Crippen LogP contribution is -2.48. The van der Waals surface area contributed by atoms with Gasteiger partial charge in [-0.05, 0) is 36.4 Å². The summed E-state index contributed by atoms with van der Waals surface area (Å²) < 4.78 is 12.0. The zero-order chi connectivity index (χ0) is 25.1. The zero-order valence-electron chi connectivity index (χ0n) is 19.8. The number of H-pyrrole nitrogens is 1. The van der Waals surface area contributed by atoms with Crippen molar-refractivity contribution in [3.63, 3.8) is 0 Å². The van der Waals surface area contributed by atoms with Crippen LogP contribution in [0.1, 0.15) is 12.3 Å². The molecule has 2 aromatic carbocycles. The van der Waals surface area contributed by atoms with Crippen molar-refractivity contribution in [1.29, 1.82) is 0 Å². The molecule has 1 N–H and O–H groups in total. The van der Waals surface area contributed by atoms with Gasteiger partial charge in [0.1, 0.15) is 5.75 Å². The lowest BCUT2D eigenvalue weighted by Gasteiger charge is -2.34. The highest BCUT2D eigenvalue weighted by Gasteiger charge is 2.23. The van der Waals surface area contributed by atoms with E-state index < -0.39 is 11.2 Å². The number of amides is 1. The number of aromatic amines is 1. The minimum absolute atomic E-state index is 0.0311. The molecule has 0 bridgehead atoms. The van der Waals surface area contributed by atoms with Gasteiger partial charge >= 0.3 is 5.69 Å². The predicted molar refractivity (Wildman–Crippen MR) is 132 cm³/mol. The van der Waals surface area contributed by atoms with Crippen LogP contribution in [0.5, 0.6) is 5.75 Å². The molecule has 4 aromatic rings. The van der Waals surface area contributed by atoms with Crippen molar-refractivity contribution >= 4 is 16.8 Å². The number of rotatable bonds is 7. The molecule has 5 rings (SSSR count). The number of para-hydroxylation sites is 1. The van der Waals surface area contributed by atoms with Crippen LogP contribution >= 0.6 is 0 Å². The lowest BCUT2D eigenvalue weighted by atomic mass is 10.2. The zero-order valence-corrected chi connectivity index (χ0v) is 19.8. The van der Waals surface area contributed by atoms with Crippen molar-refractivity contribution in [3.8, 4) is 17.1 Å². The number of piperazine rings is 1. The van der Waals surface area contributed by atoms with Crippen LogP contribution in [0.25, 0.3) is 22.3 Å². The molecule has 0 saturated carbocycles. The third-order valence-electron chi connectivity index (χ3n) is 6.35. The van der Waals surface area contributed by atoms with Crippen molar-refractivity contribution in [2.45, 2.75) is 19.5 Å². The maximum Gasteiger partial charge on any atom is 0.328 e. The van der Waals surface area contributed by atoms with E-state index in [0.717, 1.165) is 11.3 Å². The third-order valence-corrected chi connectivity index (χ3v) is 6.35. The Kier molecular flexibility index (Phi) is 6.63. The van der Waals surface area contributed by atoms with Crippen molar-refractivity contribution < 1.29 is 14.1 Å². The summed E-state index contributed by atoms with van der Waals surface area (Å²) in [4.78, 5) is 48.0. The van der Waals surface area contributed by atoms with E-state index in [1.54, 1.807) is 36.3 Å². The highest BCUT2D eigenvalue weighted by atomic mass is 16.5. The largest absolute Gasteiger partial charge is 0.497 e. The first-order valence-electron chi connectivity index (χ1n) is 11.7. The van der Waals surface area contributed by atoms with Crippen LogP contribution in [0.15, 0.2) is 62.6 Å². The Hall–Kier alpha value is -4.25. The molecule has 0 aliphatic carbocycles. The molecule has 1 aliphatic rings. The fraction of sp³-hybridized carbons (Fsp3) is 0.320. The number of methoxy groups -OCH3 is 1. The fourth-order valence-electron chi connectivity index (χ4n) is 4.35. The summed E-state index contributed by atoms with van der Waals surface area (Å²) in [6, 6.07) is 14.3. The average molecular weight is 491 g/mol. The summed E-state index contributed by atoms with van der Waals surface area (Å²) in [5, 5.41) is 4.50. The molecule has 0 radical (unpaired) electrons. The maximum atomic E-state index is 12.8. The van der Waals surface area contributed by atoms with E-state index >= 15 is 0 Å². The van der Waals surface area contributed by atoms with Crippen molar-refractivity contribution in [2.75, 3.05) is 33.3 Å². The van der Waals surface area contributed by atoms with Crippen LogP contribution in [0.3, 0.4) is 0 Å². The number of carbonyl (C=O) groups is 1. The number of ether oxygens (including phenoxy) is 1. The number of fused-ring (bicyclic) bond motifs is 1. The number of aryl methyl sites for hydroxylation is 1. The number of benzene rings is 2. The minimum atomic E-state index is -0.509.